The molecule has 2 amide bonds. The van der Waals surface area contributed by atoms with Crippen LogP contribution < -0.4 is 11.1 Å². The third-order valence-corrected chi connectivity index (χ3v) is 5.57. The van der Waals surface area contributed by atoms with Gasteiger partial charge in [-0.15, -0.1) is 0 Å². The van der Waals surface area contributed by atoms with Crippen LogP contribution >= 0.6 is 0 Å². The van der Waals surface area contributed by atoms with E-state index in [9.17, 15) is 14.0 Å². The first-order chi connectivity index (χ1) is 11.8. The molecular formula is C19H26FN3O2. The summed E-state index contributed by atoms with van der Waals surface area (Å²) in [6.45, 7) is 5.76. The number of carbonyl (C=O) groups excluding carboxylic acids is 2. The van der Waals surface area contributed by atoms with Crippen molar-refractivity contribution in [1.82, 2.24) is 10.2 Å². The van der Waals surface area contributed by atoms with Crippen LogP contribution in [0.5, 0.6) is 0 Å². The SMILES string of the molecule is CC(C)[C@@H]1CN(CC(N)=O)C[C@H]1NC(=O)C1(c2ccccc2F)CC1. The highest BCUT2D eigenvalue weighted by Gasteiger charge is 2.53. The van der Waals surface area contributed by atoms with Gasteiger partial charge in [-0.25, -0.2) is 4.39 Å². The lowest BCUT2D eigenvalue weighted by Gasteiger charge is -2.26. The molecule has 2 fully saturated rings. The molecule has 3 N–H and O–H groups in total. The molecule has 3 rings (SSSR count). The van der Waals surface area contributed by atoms with Gasteiger partial charge in [-0.05, 0) is 30.7 Å². The third-order valence-electron chi connectivity index (χ3n) is 5.57. The van der Waals surface area contributed by atoms with Crippen molar-refractivity contribution in [1.29, 1.82) is 0 Å². The summed E-state index contributed by atoms with van der Waals surface area (Å²) in [5.41, 5.74) is 5.06. The third kappa shape index (κ3) is 3.54. The van der Waals surface area contributed by atoms with Gasteiger partial charge in [-0.2, -0.15) is 0 Å². The summed E-state index contributed by atoms with van der Waals surface area (Å²) in [7, 11) is 0. The predicted octanol–water partition coefficient (Wildman–Crippen LogP) is 1.42. The van der Waals surface area contributed by atoms with E-state index in [4.69, 9.17) is 5.73 Å². The average molecular weight is 347 g/mol. The lowest BCUT2D eigenvalue weighted by atomic mass is 9.89. The number of halogens is 1. The normalized spacial score (nSPS) is 25.1. The number of nitrogens with one attached hydrogen (secondary N) is 1. The highest BCUT2D eigenvalue weighted by atomic mass is 19.1. The molecule has 25 heavy (non-hydrogen) atoms. The Labute approximate surface area is 147 Å². The first-order valence-corrected chi connectivity index (χ1v) is 8.90. The van der Waals surface area contributed by atoms with Crippen LogP contribution in [0.4, 0.5) is 4.39 Å². The van der Waals surface area contributed by atoms with Crippen LogP contribution in [0.3, 0.4) is 0 Å². The summed E-state index contributed by atoms with van der Waals surface area (Å²) in [6, 6.07) is 6.48. The van der Waals surface area contributed by atoms with Crippen LogP contribution in [0, 0.1) is 17.7 Å². The summed E-state index contributed by atoms with van der Waals surface area (Å²) >= 11 is 0. The van der Waals surface area contributed by atoms with Crippen molar-refractivity contribution in [3.8, 4) is 0 Å². The van der Waals surface area contributed by atoms with Gasteiger partial charge in [0.25, 0.3) is 0 Å². The summed E-state index contributed by atoms with van der Waals surface area (Å²) in [4.78, 5) is 26.1. The highest BCUT2D eigenvalue weighted by Crippen LogP contribution is 2.49. The van der Waals surface area contributed by atoms with Crippen LogP contribution in [-0.2, 0) is 15.0 Å². The molecular weight excluding hydrogens is 321 g/mol. The standard InChI is InChI=1S/C19H26FN3O2/c1-12(2)13-9-23(11-17(21)24)10-16(13)22-18(25)19(7-8-19)14-5-3-4-6-15(14)20/h3-6,12-13,16H,7-11H2,1-2H3,(H2,21,24)(H,22,25)/t13-,16+/m0/s1. The summed E-state index contributed by atoms with van der Waals surface area (Å²) in [5.74, 6) is -0.169. The molecule has 1 aromatic carbocycles. The number of nitrogens with zero attached hydrogens (tertiary/aromatic N) is 1. The summed E-state index contributed by atoms with van der Waals surface area (Å²) in [5, 5.41) is 3.14. The molecule has 2 atom stereocenters. The number of hydrogen-bond donors (Lipinski definition) is 2. The molecule has 1 aromatic rings. The quantitative estimate of drug-likeness (QED) is 0.817. The first-order valence-electron chi connectivity index (χ1n) is 8.90. The van der Waals surface area contributed by atoms with E-state index in [0.29, 0.717) is 30.9 Å². The molecule has 136 valence electrons. The van der Waals surface area contributed by atoms with Crippen molar-refractivity contribution >= 4 is 11.8 Å². The van der Waals surface area contributed by atoms with Crippen LogP contribution in [-0.4, -0.2) is 42.4 Å². The number of carbonyl (C=O) groups is 2. The highest BCUT2D eigenvalue weighted by molar-refractivity contribution is 5.91. The van der Waals surface area contributed by atoms with Gasteiger partial charge in [-0.3, -0.25) is 14.5 Å². The van der Waals surface area contributed by atoms with Crippen molar-refractivity contribution in [3.63, 3.8) is 0 Å². The minimum Gasteiger partial charge on any atom is -0.369 e. The monoisotopic (exact) mass is 347 g/mol. The number of hydrogen-bond acceptors (Lipinski definition) is 3. The van der Waals surface area contributed by atoms with Gasteiger partial charge in [0, 0.05) is 24.7 Å². The maximum absolute atomic E-state index is 14.2. The zero-order chi connectivity index (χ0) is 18.2. The Hall–Kier alpha value is -1.95. The Balaban J connectivity index is 1.73. The van der Waals surface area contributed by atoms with E-state index in [0.717, 1.165) is 6.54 Å². The molecule has 1 saturated carbocycles. The zero-order valence-electron chi connectivity index (χ0n) is 14.8. The lowest BCUT2D eigenvalue weighted by Crippen LogP contribution is -2.46. The van der Waals surface area contributed by atoms with Gasteiger partial charge in [0.1, 0.15) is 5.82 Å². The van der Waals surface area contributed by atoms with Gasteiger partial charge >= 0.3 is 0 Å². The minimum atomic E-state index is -0.732. The molecule has 1 saturated heterocycles. The maximum atomic E-state index is 14.2. The smallest absolute Gasteiger partial charge is 0.231 e. The maximum Gasteiger partial charge on any atom is 0.231 e. The Morgan fingerprint density at radius 3 is 2.56 bits per heavy atom. The molecule has 0 bridgehead atoms. The number of rotatable bonds is 6. The number of nitrogens with two attached hydrogens (primary N) is 1. The zero-order valence-corrected chi connectivity index (χ0v) is 14.8. The van der Waals surface area contributed by atoms with E-state index in [2.05, 4.69) is 19.2 Å². The van der Waals surface area contributed by atoms with Crippen LogP contribution in [0.1, 0.15) is 32.3 Å². The summed E-state index contributed by atoms with van der Waals surface area (Å²) < 4.78 is 14.2. The fraction of sp³-hybridized carbons (Fsp3) is 0.579. The predicted molar refractivity (Wildman–Crippen MR) is 93.2 cm³/mol. The number of likely N-dealkylation sites (tertiary alicyclic amines) is 1. The Bertz CT molecular complexity index is 672. The molecule has 6 heteroatoms. The second-order valence-corrected chi connectivity index (χ2v) is 7.71. The van der Waals surface area contributed by atoms with Gasteiger partial charge in [-0.1, -0.05) is 32.0 Å². The molecule has 2 aliphatic rings. The van der Waals surface area contributed by atoms with Crippen molar-refractivity contribution in [2.45, 2.75) is 38.1 Å². The van der Waals surface area contributed by atoms with Crippen molar-refractivity contribution in [2.24, 2.45) is 17.6 Å². The van der Waals surface area contributed by atoms with Gasteiger partial charge in [0.15, 0.2) is 0 Å². The molecule has 1 aliphatic heterocycles. The number of primary amides is 1. The summed E-state index contributed by atoms with van der Waals surface area (Å²) in [6.07, 6.45) is 1.34. The molecule has 0 radical (unpaired) electrons. The number of amides is 2. The van der Waals surface area contributed by atoms with Crippen molar-refractivity contribution < 1.29 is 14.0 Å². The molecule has 1 aliphatic carbocycles. The molecule has 0 spiro atoms. The number of benzene rings is 1. The topological polar surface area (TPSA) is 75.4 Å². The van der Waals surface area contributed by atoms with E-state index in [1.54, 1.807) is 18.2 Å². The van der Waals surface area contributed by atoms with E-state index >= 15 is 0 Å². The van der Waals surface area contributed by atoms with Crippen LogP contribution in [0.2, 0.25) is 0 Å². The first kappa shape index (κ1) is 17.9. The Morgan fingerprint density at radius 2 is 2.00 bits per heavy atom. The second kappa shape index (κ2) is 6.75. The minimum absolute atomic E-state index is 0.0453. The van der Waals surface area contributed by atoms with Gasteiger partial charge < -0.3 is 11.1 Å². The van der Waals surface area contributed by atoms with Crippen molar-refractivity contribution in [2.75, 3.05) is 19.6 Å². The fourth-order valence-electron chi connectivity index (χ4n) is 3.99. The van der Waals surface area contributed by atoms with E-state index in [1.807, 2.05) is 4.90 Å². The van der Waals surface area contributed by atoms with E-state index in [-0.39, 0.29) is 36.1 Å². The van der Waals surface area contributed by atoms with E-state index < -0.39 is 5.41 Å². The second-order valence-electron chi connectivity index (χ2n) is 7.71. The van der Waals surface area contributed by atoms with Gasteiger partial charge in [0.2, 0.25) is 11.8 Å². The average Bonchev–Trinajstić information content (AvgIpc) is 3.24. The van der Waals surface area contributed by atoms with Crippen LogP contribution in [0.25, 0.3) is 0 Å². The molecule has 0 aromatic heterocycles. The molecule has 1 heterocycles. The Morgan fingerprint density at radius 1 is 1.32 bits per heavy atom. The van der Waals surface area contributed by atoms with E-state index in [1.165, 1.54) is 6.07 Å². The molecule has 0 unspecified atom stereocenters. The fourth-order valence-corrected chi connectivity index (χ4v) is 3.99. The van der Waals surface area contributed by atoms with Crippen LogP contribution in [0.15, 0.2) is 24.3 Å². The lowest BCUT2D eigenvalue weighted by molar-refractivity contribution is -0.124. The largest absolute Gasteiger partial charge is 0.369 e. The Kier molecular flexibility index (Phi) is 4.82. The van der Waals surface area contributed by atoms with Gasteiger partial charge in [0.05, 0.1) is 12.0 Å². The molecule has 5 nitrogen and oxygen atoms in total. The van der Waals surface area contributed by atoms with Crippen molar-refractivity contribution in [3.05, 3.63) is 35.6 Å².